The van der Waals surface area contributed by atoms with Crippen molar-refractivity contribution in [2.45, 2.75) is 199 Å². The molecule has 0 unspecified atom stereocenters. The fraction of sp³-hybridized carbons (Fsp3) is 0.939. The number of unbranched alkanes of at least 4 members (excludes halogenated alkanes) is 20. The van der Waals surface area contributed by atoms with Crippen LogP contribution in [0.2, 0.25) is 0 Å². The van der Waals surface area contributed by atoms with Crippen LogP contribution in [0.1, 0.15) is 187 Å². The Hall–Kier alpha value is -1.06. The third kappa shape index (κ3) is 20.6. The van der Waals surface area contributed by atoms with Crippen molar-refractivity contribution >= 4 is 11.8 Å². The Labute approximate surface area is 231 Å². The summed E-state index contributed by atoms with van der Waals surface area (Å²) in [6.07, 6.45) is 33.0. The zero-order valence-corrected chi connectivity index (χ0v) is 25.1. The van der Waals surface area contributed by atoms with Gasteiger partial charge in [0.1, 0.15) is 0 Å². The average Bonchev–Trinajstić information content (AvgIpc) is 3.31. The highest BCUT2D eigenvalue weighted by Gasteiger charge is 2.29. The van der Waals surface area contributed by atoms with Gasteiger partial charge in [-0.15, -0.1) is 0 Å². The van der Waals surface area contributed by atoms with E-state index in [1.54, 1.807) is 0 Å². The summed E-state index contributed by atoms with van der Waals surface area (Å²) in [5.41, 5.74) is 0. The Morgan fingerprint density at radius 3 is 1.03 bits per heavy atom. The molecule has 0 aliphatic heterocycles. The van der Waals surface area contributed by atoms with Crippen molar-refractivity contribution in [1.29, 1.82) is 0 Å². The molecule has 0 aromatic heterocycles. The Bertz CT molecular complexity index is 490. The van der Waals surface area contributed by atoms with Crippen molar-refractivity contribution in [3.05, 3.63) is 0 Å². The molecule has 1 saturated carbocycles. The second-order valence-electron chi connectivity index (χ2n) is 11.8. The standard InChI is InChI=1S/C33H64N2O2/c1-3-5-7-9-11-13-15-17-19-21-23-28-32(36)34-30-26-25-27-31(30)35-33(37)29-24-22-20-18-16-14-12-10-8-6-4-2/h30-31H,3-29H2,1-2H3,(H,34,36)(H,35,37)/t30-,31+. The van der Waals surface area contributed by atoms with Gasteiger partial charge in [-0.25, -0.2) is 0 Å². The fourth-order valence-electron chi connectivity index (χ4n) is 5.76. The molecule has 37 heavy (non-hydrogen) atoms. The smallest absolute Gasteiger partial charge is 0.220 e. The topological polar surface area (TPSA) is 58.2 Å². The van der Waals surface area contributed by atoms with E-state index < -0.39 is 0 Å². The van der Waals surface area contributed by atoms with Gasteiger partial charge in [0.15, 0.2) is 0 Å². The van der Waals surface area contributed by atoms with E-state index in [1.807, 2.05) is 0 Å². The van der Waals surface area contributed by atoms with Gasteiger partial charge < -0.3 is 10.6 Å². The van der Waals surface area contributed by atoms with Crippen LogP contribution in [0.5, 0.6) is 0 Å². The number of amides is 2. The summed E-state index contributed by atoms with van der Waals surface area (Å²) in [5, 5.41) is 6.46. The molecule has 2 N–H and O–H groups in total. The van der Waals surface area contributed by atoms with Gasteiger partial charge in [-0.05, 0) is 32.1 Å². The van der Waals surface area contributed by atoms with E-state index >= 15 is 0 Å². The number of rotatable bonds is 26. The molecule has 1 fully saturated rings. The third-order valence-electron chi connectivity index (χ3n) is 8.22. The number of carbonyl (C=O) groups excluding carboxylic acids is 2. The molecule has 218 valence electrons. The molecule has 2 atom stereocenters. The molecule has 0 heterocycles. The zero-order chi connectivity index (χ0) is 26.8. The third-order valence-corrected chi connectivity index (χ3v) is 8.22. The van der Waals surface area contributed by atoms with E-state index in [4.69, 9.17) is 0 Å². The van der Waals surface area contributed by atoms with Gasteiger partial charge in [0.25, 0.3) is 0 Å². The number of hydrogen-bond acceptors (Lipinski definition) is 2. The Kier molecular flexibility index (Phi) is 23.2. The molecule has 1 aliphatic rings. The second kappa shape index (κ2) is 25.2. The predicted molar refractivity (Wildman–Crippen MR) is 160 cm³/mol. The lowest BCUT2D eigenvalue weighted by Gasteiger charge is -2.22. The van der Waals surface area contributed by atoms with Crippen molar-refractivity contribution in [2.24, 2.45) is 0 Å². The SMILES string of the molecule is CCCCCCCCCCCCCC(=O)N[C@H]1CCC[C@H]1NC(=O)CCCCCCCCCCCCC. The number of nitrogens with one attached hydrogen (secondary N) is 2. The van der Waals surface area contributed by atoms with Crippen molar-refractivity contribution in [3.8, 4) is 0 Å². The summed E-state index contributed by atoms with van der Waals surface area (Å²) in [7, 11) is 0. The molecular formula is C33H64N2O2. The summed E-state index contributed by atoms with van der Waals surface area (Å²) >= 11 is 0. The molecule has 4 heteroatoms. The lowest BCUT2D eigenvalue weighted by molar-refractivity contribution is -0.124. The van der Waals surface area contributed by atoms with Crippen molar-refractivity contribution < 1.29 is 9.59 Å². The maximum atomic E-state index is 12.5. The van der Waals surface area contributed by atoms with Crippen LogP contribution >= 0.6 is 0 Å². The van der Waals surface area contributed by atoms with E-state index in [0.29, 0.717) is 12.8 Å². The van der Waals surface area contributed by atoms with Gasteiger partial charge in [0.2, 0.25) is 11.8 Å². The quantitative estimate of drug-likeness (QED) is 0.112. The first-order valence-electron chi connectivity index (χ1n) is 16.8. The first kappa shape index (κ1) is 34.0. The molecule has 1 aliphatic carbocycles. The Balaban J connectivity index is 1.98. The van der Waals surface area contributed by atoms with Crippen molar-refractivity contribution in [1.82, 2.24) is 10.6 Å². The fourth-order valence-corrected chi connectivity index (χ4v) is 5.76. The highest BCUT2D eigenvalue weighted by molar-refractivity contribution is 5.78. The van der Waals surface area contributed by atoms with E-state index in [0.717, 1.165) is 44.9 Å². The van der Waals surface area contributed by atoms with Crippen LogP contribution in [0.3, 0.4) is 0 Å². The predicted octanol–water partition coefficient (Wildman–Crippen LogP) is 9.54. The molecule has 0 bridgehead atoms. The first-order valence-corrected chi connectivity index (χ1v) is 16.8. The van der Waals surface area contributed by atoms with Crippen LogP contribution in [0, 0.1) is 0 Å². The van der Waals surface area contributed by atoms with Gasteiger partial charge in [0.05, 0.1) is 0 Å². The van der Waals surface area contributed by atoms with E-state index in [9.17, 15) is 9.59 Å². The Morgan fingerprint density at radius 1 is 0.459 bits per heavy atom. The minimum absolute atomic E-state index is 0.126. The van der Waals surface area contributed by atoms with Crippen LogP contribution < -0.4 is 10.6 Å². The summed E-state index contributed by atoms with van der Waals surface area (Å²) in [5.74, 6) is 0.347. The van der Waals surface area contributed by atoms with Gasteiger partial charge in [-0.3, -0.25) is 9.59 Å². The minimum atomic E-state index is 0.126. The highest BCUT2D eigenvalue weighted by Crippen LogP contribution is 2.20. The highest BCUT2D eigenvalue weighted by atomic mass is 16.2. The summed E-state index contributed by atoms with van der Waals surface area (Å²) in [4.78, 5) is 24.9. The van der Waals surface area contributed by atoms with E-state index in [2.05, 4.69) is 24.5 Å². The molecule has 1 rings (SSSR count). The molecular weight excluding hydrogens is 456 g/mol. The summed E-state index contributed by atoms with van der Waals surface area (Å²) in [6, 6.07) is 0.253. The van der Waals surface area contributed by atoms with Gasteiger partial charge in [-0.2, -0.15) is 0 Å². The van der Waals surface area contributed by atoms with Crippen LogP contribution in [-0.4, -0.2) is 23.9 Å². The Morgan fingerprint density at radius 2 is 0.730 bits per heavy atom. The maximum absolute atomic E-state index is 12.5. The maximum Gasteiger partial charge on any atom is 0.220 e. The zero-order valence-electron chi connectivity index (χ0n) is 25.1. The van der Waals surface area contributed by atoms with E-state index in [-0.39, 0.29) is 23.9 Å². The normalized spacial score (nSPS) is 17.2. The summed E-state index contributed by atoms with van der Waals surface area (Å²) in [6.45, 7) is 4.54. The van der Waals surface area contributed by atoms with Crippen LogP contribution in [-0.2, 0) is 9.59 Å². The van der Waals surface area contributed by atoms with Crippen molar-refractivity contribution in [3.63, 3.8) is 0 Å². The molecule has 2 amide bonds. The van der Waals surface area contributed by atoms with E-state index in [1.165, 1.54) is 116 Å². The monoisotopic (exact) mass is 520 g/mol. The lowest BCUT2D eigenvalue weighted by Crippen LogP contribution is -2.48. The van der Waals surface area contributed by atoms with Crippen LogP contribution in [0.4, 0.5) is 0 Å². The average molecular weight is 521 g/mol. The largest absolute Gasteiger partial charge is 0.351 e. The van der Waals surface area contributed by atoms with Gasteiger partial charge >= 0.3 is 0 Å². The molecule has 0 aromatic carbocycles. The van der Waals surface area contributed by atoms with Crippen molar-refractivity contribution in [2.75, 3.05) is 0 Å². The summed E-state index contributed by atoms with van der Waals surface area (Å²) < 4.78 is 0. The molecule has 0 spiro atoms. The van der Waals surface area contributed by atoms with Crippen LogP contribution in [0.25, 0.3) is 0 Å². The van der Waals surface area contributed by atoms with Crippen LogP contribution in [0.15, 0.2) is 0 Å². The molecule has 4 nitrogen and oxygen atoms in total. The number of hydrogen-bond donors (Lipinski definition) is 2. The number of carbonyl (C=O) groups is 2. The van der Waals surface area contributed by atoms with Gasteiger partial charge in [0, 0.05) is 24.9 Å². The lowest BCUT2D eigenvalue weighted by atomic mass is 10.0. The molecule has 0 aromatic rings. The molecule has 0 saturated heterocycles. The van der Waals surface area contributed by atoms with Gasteiger partial charge in [-0.1, -0.05) is 142 Å². The first-order chi connectivity index (χ1) is 18.2. The molecule has 0 radical (unpaired) electrons. The second-order valence-corrected chi connectivity index (χ2v) is 11.8. The minimum Gasteiger partial charge on any atom is -0.351 e.